The van der Waals surface area contributed by atoms with E-state index in [1.54, 1.807) is 0 Å². The number of hydrogen-bond donors (Lipinski definition) is 2. The molecule has 4 rings (SSSR count). The Labute approximate surface area is 213 Å². The van der Waals surface area contributed by atoms with E-state index < -0.39 is 11.6 Å². The van der Waals surface area contributed by atoms with Gasteiger partial charge in [-0.3, -0.25) is 0 Å². The van der Waals surface area contributed by atoms with Crippen molar-refractivity contribution in [3.8, 4) is 0 Å². The highest BCUT2D eigenvalue weighted by atomic mass is 32.1. The fourth-order valence-electron chi connectivity index (χ4n) is 7.43. The van der Waals surface area contributed by atoms with E-state index in [4.69, 9.17) is 31.8 Å². The number of piperidine rings is 2. The average molecular weight is 499 g/mol. The van der Waals surface area contributed by atoms with Gasteiger partial charge in [-0.15, -0.1) is 0 Å². The minimum absolute atomic E-state index is 0.0333. The summed E-state index contributed by atoms with van der Waals surface area (Å²) in [6.45, 7) is 20.5. The number of nitrogens with one attached hydrogen (secondary N) is 1. The molecule has 0 bridgehead atoms. The highest BCUT2D eigenvalue weighted by Gasteiger charge is 2.60. The molecule has 0 amide bonds. The third-order valence-corrected chi connectivity index (χ3v) is 10.4. The van der Waals surface area contributed by atoms with E-state index in [-0.39, 0.29) is 27.6 Å². The molecular formula is C27H50N2O4S. The van der Waals surface area contributed by atoms with Gasteiger partial charge in [0.25, 0.3) is 0 Å². The minimum atomic E-state index is -0.564. The van der Waals surface area contributed by atoms with E-state index >= 15 is 0 Å². The number of nitrogens with zero attached hydrogens (tertiary/aromatic N) is 1. The molecule has 6 nitrogen and oxygen atoms in total. The van der Waals surface area contributed by atoms with Crippen LogP contribution < -0.4 is 5.32 Å². The summed E-state index contributed by atoms with van der Waals surface area (Å²) >= 11 is 4.96. The highest BCUT2D eigenvalue weighted by Crippen LogP contribution is 2.53. The van der Waals surface area contributed by atoms with E-state index in [2.05, 4.69) is 65.0 Å². The molecule has 7 heteroatoms. The molecule has 1 N–H and O–H groups in total. The van der Waals surface area contributed by atoms with E-state index in [1.165, 1.54) is 0 Å². The molecule has 4 fully saturated rings. The number of thiol groups is 1. The SMILES string of the molecule is CCC1(CC)CC2(CC(C)(C)N1)OCC1(CO2)COC2(CC(C)(C)N(S)C(CC)(CC)C2)OC1. The van der Waals surface area contributed by atoms with Crippen LogP contribution >= 0.6 is 12.8 Å². The maximum Gasteiger partial charge on any atom is 0.171 e. The molecule has 4 heterocycles. The fraction of sp³-hybridized carbons (Fsp3) is 1.00. The lowest BCUT2D eigenvalue weighted by Gasteiger charge is -2.62. The van der Waals surface area contributed by atoms with Crippen molar-refractivity contribution < 1.29 is 18.9 Å². The van der Waals surface area contributed by atoms with Gasteiger partial charge in [0.05, 0.1) is 31.8 Å². The second kappa shape index (κ2) is 8.85. The van der Waals surface area contributed by atoms with Crippen molar-refractivity contribution in [1.29, 1.82) is 0 Å². The van der Waals surface area contributed by atoms with Crippen molar-refractivity contribution in [2.75, 3.05) is 26.4 Å². The quantitative estimate of drug-likeness (QED) is 0.502. The zero-order valence-corrected chi connectivity index (χ0v) is 23.9. The van der Waals surface area contributed by atoms with Gasteiger partial charge >= 0.3 is 0 Å². The lowest BCUT2D eigenvalue weighted by molar-refractivity contribution is -0.390. The molecule has 3 spiro atoms. The zero-order valence-electron chi connectivity index (χ0n) is 23.0. The summed E-state index contributed by atoms with van der Waals surface area (Å²) in [5, 5.41) is 3.90. The Balaban J connectivity index is 1.46. The smallest absolute Gasteiger partial charge is 0.171 e. The predicted octanol–water partition coefficient (Wildman–Crippen LogP) is 5.46. The Bertz CT molecular complexity index is 729. The maximum absolute atomic E-state index is 6.69. The van der Waals surface area contributed by atoms with Crippen molar-refractivity contribution >= 4 is 12.8 Å². The first-order chi connectivity index (χ1) is 15.8. The first-order valence-corrected chi connectivity index (χ1v) is 14.0. The van der Waals surface area contributed by atoms with Gasteiger partial charge in [-0.2, -0.15) is 0 Å². The lowest BCUT2D eigenvalue weighted by Crippen LogP contribution is -2.70. The van der Waals surface area contributed by atoms with Crippen LogP contribution in [0.2, 0.25) is 0 Å². The largest absolute Gasteiger partial charge is 0.349 e. The molecule has 0 saturated carbocycles. The maximum atomic E-state index is 6.69. The molecule has 0 radical (unpaired) electrons. The van der Waals surface area contributed by atoms with Gasteiger partial charge in [0.1, 0.15) is 0 Å². The molecule has 4 aliphatic heterocycles. The van der Waals surface area contributed by atoms with Crippen LogP contribution in [0.4, 0.5) is 0 Å². The van der Waals surface area contributed by atoms with Gasteiger partial charge in [-0.25, -0.2) is 4.31 Å². The van der Waals surface area contributed by atoms with Crippen molar-refractivity contribution in [3.63, 3.8) is 0 Å². The summed E-state index contributed by atoms with van der Waals surface area (Å²) in [6.07, 6.45) is 7.56. The van der Waals surface area contributed by atoms with Crippen LogP contribution in [0.3, 0.4) is 0 Å². The summed E-state index contributed by atoms with van der Waals surface area (Å²) < 4.78 is 29.0. The van der Waals surface area contributed by atoms with Crippen molar-refractivity contribution in [3.05, 3.63) is 0 Å². The van der Waals surface area contributed by atoms with Crippen LogP contribution in [0.5, 0.6) is 0 Å². The van der Waals surface area contributed by atoms with Crippen molar-refractivity contribution in [2.45, 2.75) is 140 Å². The highest BCUT2D eigenvalue weighted by molar-refractivity contribution is 7.77. The molecule has 0 aromatic rings. The Kier molecular flexibility index (Phi) is 7.07. The fourth-order valence-corrected chi connectivity index (χ4v) is 7.85. The standard InChI is InChI=1S/C27H50N2O4S/c1-9-24(10-2)15-26(13-21(5,6)28-24)30-17-23(18-31-26)19-32-27(33-20-23)14-22(7,8)29(34)25(11-3,12-4)16-27/h28,34H,9-20H2,1-8H3. The molecule has 0 aliphatic carbocycles. The van der Waals surface area contributed by atoms with Crippen LogP contribution in [0, 0.1) is 5.41 Å². The number of rotatable bonds is 4. The van der Waals surface area contributed by atoms with E-state index in [0.717, 1.165) is 51.4 Å². The van der Waals surface area contributed by atoms with Crippen LogP contribution in [0.15, 0.2) is 0 Å². The lowest BCUT2D eigenvalue weighted by atomic mass is 9.72. The number of ether oxygens (including phenoxy) is 4. The second-order valence-corrected chi connectivity index (χ2v) is 13.6. The van der Waals surface area contributed by atoms with E-state index in [9.17, 15) is 0 Å². The molecule has 198 valence electrons. The zero-order chi connectivity index (χ0) is 25.1. The molecular weight excluding hydrogens is 448 g/mol. The van der Waals surface area contributed by atoms with Crippen molar-refractivity contribution in [2.24, 2.45) is 5.41 Å². The molecule has 4 aliphatic rings. The Morgan fingerprint density at radius 2 is 1.15 bits per heavy atom. The predicted molar refractivity (Wildman–Crippen MR) is 139 cm³/mol. The molecule has 0 aromatic carbocycles. The van der Waals surface area contributed by atoms with Gasteiger partial charge in [-0.05, 0) is 53.4 Å². The Morgan fingerprint density at radius 3 is 1.59 bits per heavy atom. The van der Waals surface area contributed by atoms with E-state index in [1.807, 2.05) is 0 Å². The van der Waals surface area contributed by atoms with Gasteiger partial charge < -0.3 is 24.3 Å². The van der Waals surface area contributed by atoms with Gasteiger partial charge in [0, 0.05) is 47.8 Å². The third kappa shape index (κ3) is 4.61. The van der Waals surface area contributed by atoms with E-state index in [0.29, 0.717) is 26.4 Å². The monoisotopic (exact) mass is 498 g/mol. The summed E-state index contributed by atoms with van der Waals surface area (Å²) in [5.41, 5.74) is -0.383. The second-order valence-electron chi connectivity index (χ2n) is 13.2. The molecule has 0 aromatic heterocycles. The first kappa shape index (κ1) is 27.2. The number of hydrogen-bond acceptors (Lipinski definition) is 7. The topological polar surface area (TPSA) is 52.2 Å². The first-order valence-electron chi connectivity index (χ1n) is 13.6. The van der Waals surface area contributed by atoms with Gasteiger partial charge in [0.2, 0.25) is 0 Å². The van der Waals surface area contributed by atoms with Crippen LogP contribution in [-0.4, -0.2) is 64.5 Å². The third-order valence-electron chi connectivity index (χ3n) is 9.48. The van der Waals surface area contributed by atoms with Crippen molar-refractivity contribution in [1.82, 2.24) is 9.62 Å². The molecule has 0 unspecified atom stereocenters. The molecule has 0 atom stereocenters. The summed E-state index contributed by atoms with van der Waals surface area (Å²) in [6, 6.07) is 0. The minimum Gasteiger partial charge on any atom is -0.349 e. The summed E-state index contributed by atoms with van der Waals surface area (Å²) in [7, 11) is 0. The molecule has 34 heavy (non-hydrogen) atoms. The van der Waals surface area contributed by atoms with Gasteiger partial charge in [0.15, 0.2) is 11.6 Å². The molecule has 4 saturated heterocycles. The van der Waals surface area contributed by atoms with Gasteiger partial charge in [-0.1, -0.05) is 40.5 Å². The van der Waals surface area contributed by atoms with Crippen LogP contribution in [0.25, 0.3) is 0 Å². The summed E-state index contributed by atoms with van der Waals surface area (Å²) in [5.74, 6) is -1.09. The van der Waals surface area contributed by atoms with Crippen LogP contribution in [0.1, 0.15) is 107 Å². The Hall–Kier alpha value is 0.110. The summed E-state index contributed by atoms with van der Waals surface area (Å²) in [4.78, 5) is 0. The Morgan fingerprint density at radius 1 is 0.676 bits per heavy atom. The normalized spacial score (nSPS) is 32.7. The van der Waals surface area contributed by atoms with Crippen LogP contribution in [-0.2, 0) is 18.9 Å². The average Bonchev–Trinajstić information content (AvgIpc) is 2.79.